The number of hydrogen-bond acceptors (Lipinski definition) is 4. The normalized spacial score (nSPS) is 12.2. The highest BCUT2D eigenvalue weighted by Gasteiger charge is 2.14. The molecular weight excluding hydrogens is 328 g/mol. The predicted molar refractivity (Wildman–Crippen MR) is 93.3 cm³/mol. The van der Waals surface area contributed by atoms with Crippen molar-refractivity contribution >= 4 is 21.6 Å². The fourth-order valence-corrected chi connectivity index (χ4v) is 2.60. The van der Waals surface area contributed by atoms with Crippen LogP contribution in [0.5, 0.6) is 5.75 Å². The summed E-state index contributed by atoms with van der Waals surface area (Å²) in [6.45, 7) is 1.95. The molecule has 0 radical (unpaired) electrons. The van der Waals surface area contributed by atoms with Crippen LogP contribution >= 0.6 is 0 Å². The molecule has 128 valence electrons. The lowest BCUT2D eigenvalue weighted by molar-refractivity contribution is -0.127. The van der Waals surface area contributed by atoms with E-state index in [0.717, 1.165) is 11.8 Å². The summed E-state index contributed by atoms with van der Waals surface area (Å²) in [5.74, 6) is 0.375. The second-order valence-corrected chi connectivity index (χ2v) is 7.11. The molecule has 24 heavy (non-hydrogen) atoms. The third kappa shape index (κ3) is 5.92. The fourth-order valence-electron chi connectivity index (χ4n) is 2.05. The third-order valence-electron chi connectivity index (χ3n) is 3.12. The van der Waals surface area contributed by atoms with Gasteiger partial charge in [-0.1, -0.05) is 30.3 Å². The molecule has 2 aromatic rings. The maximum Gasteiger partial charge on any atom is 0.261 e. The first kappa shape index (κ1) is 17.8. The van der Waals surface area contributed by atoms with Crippen molar-refractivity contribution in [2.24, 2.45) is 0 Å². The minimum atomic E-state index is -3.33. The van der Waals surface area contributed by atoms with E-state index in [9.17, 15) is 13.2 Å². The van der Waals surface area contributed by atoms with Gasteiger partial charge in [-0.3, -0.25) is 9.52 Å². The molecule has 2 aromatic carbocycles. The van der Waals surface area contributed by atoms with E-state index in [1.165, 1.54) is 0 Å². The summed E-state index contributed by atoms with van der Waals surface area (Å²) in [6, 6.07) is 15.9. The summed E-state index contributed by atoms with van der Waals surface area (Å²) < 4.78 is 30.4. The van der Waals surface area contributed by atoms with E-state index in [2.05, 4.69) is 10.0 Å². The van der Waals surface area contributed by atoms with Gasteiger partial charge in [-0.25, -0.2) is 8.42 Å². The molecule has 0 saturated heterocycles. The van der Waals surface area contributed by atoms with Crippen molar-refractivity contribution in [3.8, 4) is 5.75 Å². The summed E-state index contributed by atoms with van der Waals surface area (Å²) in [6.07, 6.45) is 0.453. The van der Waals surface area contributed by atoms with Gasteiger partial charge >= 0.3 is 0 Å². The molecule has 2 rings (SSSR count). The van der Waals surface area contributed by atoms with E-state index in [4.69, 9.17) is 4.74 Å². The number of para-hydroxylation sites is 1. The zero-order valence-electron chi connectivity index (χ0n) is 13.5. The number of carbonyl (C=O) groups excluding carboxylic acids is 1. The lowest BCUT2D eigenvalue weighted by Gasteiger charge is -2.15. The van der Waals surface area contributed by atoms with Crippen LogP contribution in [0.4, 0.5) is 5.69 Å². The Balaban J connectivity index is 1.90. The highest BCUT2D eigenvalue weighted by molar-refractivity contribution is 7.92. The second-order valence-electron chi connectivity index (χ2n) is 5.37. The van der Waals surface area contributed by atoms with Crippen LogP contribution in [0.2, 0.25) is 0 Å². The number of sulfonamides is 1. The van der Waals surface area contributed by atoms with Gasteiger partial charge < -0.3 is 10.1 Å². The van der Waals surface area contributed by atoms with Gasteiger partial charge in [0, 0.05) is 12.2 Å². The molecular formula is C17H20N2O4S. The third-order valence-corrected chi connectivity index (χ3v) is 3.73. The van der Waals surface area contributed by atoms with Crippen LogP contribution in [0.1, 0.15) is 12.5 Å². The Kier molecular flexibility index (Phi) is 5.81. The minimum absolute atomic E-state index is 0.250. The molecule has 6 nitrogen and oxygen atoms in total. The number of benzene rings is 2. The topological polar surface area (TPSA) is 84.5 Å². The van der Waals surface area contributed by atoms with E-state index in [1.807, 2.05) is 18.2 Å². The van der Waals surface area contributed by atoms with Crippen molar-refractivity contribution in [1.29, 1.82) is 0 Å². The van der Waals surface area contributed by atoms with E-state index >= 15 is 0 Å². The van der Waals surface area contributed by atoms with Gasteiger partial charge in [0.1, 0.15) is 5.75 Å². The Morgan fingerprint density at radius 3 is 2.50 bits per heavy atom. The van der Waals surface area contributed by atoms with Crippen LogP contribution in [-0.4, -0.2) is 26.7 Å². The standard InChI is InChI=1S/C17H20N2O4S/c1-13(23-16-9-4-3-5-10-16)17(20)18-12-14-7-6-8-15(11-14)19-24(2,21)22/h3-11,13,19H,12H2,1-2H3,(H,18,20). The Labute approximate surface area is 141 Å². The summed E-state index contributed by atoms with van der Waals surface area (Å²) in [7, 11) is -3.33. The first-order valence-corrected chi connectivity index (χ1v) is 9.29. The van der Waals surface area contributed by atoms with Gasteiger partial charge in [0.15, 0.2) is 6.10 Å². The lowest BCUT2D eigenvalue weighted by atomic mass is 10.2. The number of anilines is 1. The molecule has 0 aliphatic rings. The van der Waals surface area contributed by atoms with Crippen molar-refractivity contribution in [3.63, 3.8) is 0 Å². The SMILES string of the molecule is CC(Oc1ccccc1)C(=O)NCc1cccc(NS(C)(=O)=O)c1. The monoisotopic (exact) mass is 348 g/mol. The van der Waals surface area contributed by atoms with Gasteiger partial charge in [0.2, 0.25) is 10.0 Å². The maximum atomic E-state index is 12.1. The molecule has 0 spiro atoms. The summed E-state index contributed by atoms with van der Waals surface area (Å²) in [5.41, 5.74) is 1.24. The summed E-state index contributed by atoms with van der Waals surface area (Å²) in [4.78, 5) is 12.1. The smallest absolute Gasteiger partial charge is 0.261 e. The molecule has 2 N–H and O–H groups in total. The highest BCUT2D eigenvalue weighted by Crippen LogP contribution is 2.13. The molecule has 1 unspecified atom stereocenters. The zero-order valence-corrected chi connectivity index (χ0v) is 14.3. The van der Waals surface area contributed by atoms with Crippen molar-refractivity contribution in [2.45, 2.75) is 19.6 Å². The van der Waals surface area contributed by atoms with Crippen LogP contribution in [-0.2, 0) is 21.4 Å². The average molecular weight is 348 g/mol. The molecule has 0 aliphatic heterocycles. The van der Waals surface area contributed by atoms with Crippen LogP contribution in [0.15, 0.2) is 54.6 Å². The van der Waals surface area contributed by atoms with Crippen LogP contribution < -0.4 is 14.8 Å². The Hall–Kier alpha value is -2.54. The van der Waals surface area contributed by atoms with Crippen LogP contribution in [0, 0.1) is 0 Å². The van der Waals surface area contributed by atoms with Crippen LogP contribution in [0.25, 0.3) is 0 Å². The number of carbonyl (C=O) groups is 1. The van der Waals surface area contributed by atoms with Gasteiger partial charge in [-0.15, -0.1) is 0 Å². The molecule has 0 bridgehead atoms. The first-order chi connectivity index (χ1) is 11.3. The van der Waals surface area contributed by atoms with Crippen molar-refractivity contribution in [2.75, 3.05) is 11.0 Å². The number of ether oxygens (including phenoxy) is 1. The van der Waals surface area contributed by atoms with Gasteiger partial charge in [0.25, 0.3) is 5.91 Å². The molecule has 1 atom stereocenters. The van der Waals surface area contributed by atoms with Crippen molar-refractivity contribution in [1.82, 2.24) is 5.32 Å². The van der Waals surface area contributed by atoms with E-state index in [1.54, 1.807) is 43.3 Å². The molecule has 0 aliphatic carbocycles. The van der Waals surface area contributed by atoms with Gasteiger partial charge in [-0.2, -0.15) is 0 Å². The first-order valence-electron chi connectivity index (χ1n) is 7.39. The van der Waals surface area contributed by atoms with E-state index in [0.29, 0.717) is 11.4 Å². The number of nitrogens with one attached hydrogen (secondary N) is 2. The Morgan fingerprint density at radius 2 is 1.83 bits per heavy atom. The quantitative estimate of drug-likeness (QED) is 0.803. The van der Waals surface area contributed by atoms with Crippen LogP contribution in [0.3, 0.4) is 0 Å². The highest BCUT2D eigenvalue weighted by atomic mass is 32.2. The number of amides is 1. The molecule has 7 heteroatoms. The fraction of sp³-hybridized carbons (Fsp3) is 0.235. The van der Waals surface area contributed by atoms with Gasteiger partial charge in [0.05, 0.1) is 6.26 Å². The van der Waals surface area contributed by atoms with E-state index < -0.39 is 16.1 Å². The molecule has 0 saturated carbocycles. The van der Waals surface area contributed by atoms with Crippen molar-refractivity contribution < 1.29 is 17.9 Å². The zero-order chi connectivity index (χ0) is 17.6. The minimum Gasteiger partial charge on any atom is -0.481 e. The number of hydrogen-bond donors (Lipinski definition) is 2. The maximum absolute atomic E-state index is 12.1. The largest absolute Gasteiger partial charge is 0.481 e. The second kappa shape index (κ2) is 7.83. The lowest BCUT2D eigenvalue weighted by Crippen LogP contribution is -2.35. The van der Waals surface area contributed by atoms with Crippen molar-refractivity contribution in [3.05, 3.63) is 60.2 Å². The summed E-state index contributed by atoms with van der Waals surface area (Å²) >= 11 is 0. The molecule has 0 aromatic heterocycles. The average Bonchev–Trinajstić information content (AvgIpc) is 2.52. The molecule has 0 fully saturated rings. The predicted octanol–water partition coefficient (Wildman–Crippen LogP) is 2.14. The van der Waals surface area contributed by atoms with Gasteiger partial charge in [-0.05, 0) is 36.8 Å². The molecule has 1 amide bonds. The molecule has 0 heterocycles. The Morgan fingerprint density at radius 1 is 1.12 bits per heavy atom. The number of rotatable bonds is 7. The van der Waals surface area contributed by atoms with E-state index in [-0.39, 0.29) is 12.5 Å². The summed E-state index contributed by atoms with van der Waals surface area (Å²) in [5, 5.41) is 2.77. The Bertz CT molecular complexity index is 791.